The lowest BCUT2D eigenvalue weighted by Gasteiger charge is -2.06. The molecule has 0 aliphatic carbocycles. The first kappa shape index (κ1) is 14.8. The van der Waals surface area contributed by atoms with Gasteiger partial charge in [0.05, 0.1) is 9.91 Å². The van der Waals surface area contributed by atoms with E-state index >= 15 is 0 Å². The van der Waals surface area contributed by atoms with Gasteiger partial charge in [-0.15, -0.1) is 11.8 Å². The standard InChI is InChI=1S/C16H15NOS2/c1-12-7-9-14(10-8-12)16(19)20-11-15(17-18)13-5-3-2-4-6-13/h2-10,18H,11H2,1H3/b17-15+. The van der Waals surface area contributed by atoms with Gasteiger partial charge in [-0.2, -0.15) is 0 Å². The summed E-state index contributed by atoms with van der Waals surface area (Å²) < 4.78 is 0.807. The van der Waals surface area contributed by atoms with Crippen LogP contribution in [0.1, 0.15) is 16.7 Å². The van der Waals surface area contributed by atoms with Crippen molar-refractivity contribution in [2.24, 2.45) is 5.16 Å². The van der Waals surface area contributed by atoms with Crippen molar-refractivity contribution in [3.63, 3.8) is 0 Å². The number of benzene rings is 2. The summed E-state index contributed by atoms with van der Waals surface area (Å²) in [5.74, 6) is 0.549. The number of oxime groups is 1. The highest BCUT2D eigenvalue weighted by atomic mass is 32.2. The normalized spacial score (nSPS) is 11.3. The van der Waals surface area contributed by atoms with Crippen molar-refractivity contribution in [2.75, 3.05) is 5.75 Å². The Kier molecular flexibility index (Phi) is 5.32. The Bertz CT molecular complexity index is 606. The minimum atomic E-state index is 0.549. The Morgan fingerprint density at radius 1 is 1.05 bits per heavy atom. The number of thioether (sulfide) groups is 1. The molecule has 2 aromatic rings. The summed E-state index contributed by atoms with van der Waals surface area (Å²) >= 11 is 6.91. The molecule has 0 aromatic heterocycles. The Morgan fingerprint density at radius 2 is 1.70 bits per heavy atom. The molecule has 2 rings (SSSR count). The van der Waals surface area contributed by atoms with Crippen LogP contribution < -0.4 is 0 Å². The third kappa shape index (κ3) is 3.92. The summed E-state index contributed by atoms with van der Waals surface area (Å²) in [5.41, 5.74) is 3.78. The molecule has 0 radical (unpaired) electrons. The lowest BCUT2D eigenvalue weighted by molar-refractivity contribution is 0.319. The van der Waals surface area contributed by atoms with Gasteiger partial charge in [-0.05, 0) is 12.5 Å². The molecule has 20 heavy (non-hydrogen) atoms. The van der Waals surface area contributed by atoms with Gasteiger partial charge in [0.2, 0.25) is 0 Å². The van der Waals surface area contributed by atoms with Gasteiger partial charge >= 0.3 is 0 Å². The first-order chi connectivity index (χ1) is 9.70. The van der Waals surface area contributed by atoms with E-state index in [1.807, 2.05) is 61.5 Å². The van der Waals surface area contributed by atoms with E-state index in [1.165, 1.54) is 17.3 Å². The fourth-order valence-electron chi connectivity index (χ4n) is 1.71. The molecule has 2 nitrogen and oxygen atoms in total. The van der Waals surface area contributed by atoms with E-state index in [0.29, 0.717) is 11.5 Å². The zero-order chi connectivity index (χ0) is 14.4. The Labute approximate surface area is 128 Å². The maximum atomic E-state index is 9.13. The molecule has 1 N–H and O–H groups in total. The van der Waals surface area contributed by atoms with Gasteiger partial charge in [0.1, 0.15) is 0 Å². The molecule has 0 saturated carbocycles. The molecule has 2 aromatic carbocycles. The molecule has 0 heterocycles. The van der Waals surface area contributed by atoms with Crippen LogP contribution >= 0.6 is 24.0 Å². The summed E-state index contributed by atoms with van der Waals surface area (Å²) in [6.45, 7) is 2.05. The molecule has 0 fully saturated rings. The number of rotatable bonds is 4. The second kappa shape index (κ2) is 7.22. The van der Waals surface area contributed by atoms with Gasteiger partial charge in [-0.1, -0.05) is 77.5 Å². The summed E-state index contributed by atoms with van der Waals surface area (Å²) in [7, 11) is 0. The molecule has 0 aliphatic heterocycles. The maximum Gasteiger partial charge on any atom is 0.0970 e. The summed E-state index contributed by atoms with van der Waals surface area (Å²) in [6.07, 6.45) is 0. The maximum absolute atomic E-state index is 9.13. The van der Waals surface area contributed by atoms with Crippen LogP contribution in [-0.2, 0) is 0 Å². The van der Waals surface area contributed by atoms with Crippen molar-refractivity contribution < 1.29 is 5.21 Å². The minimum absolute atomic E-state index is 0.549. The largest absolute Gasteiger partial charge is 0.411 e. The topological polar surface area (TPSA) is 32.6 Å². The molecule has 0 atom stereocenters. The summed E-state index contributed by atoms with van der Waals surface area (Å²) in [6, 6.07) is 17.7. The van der Waals surface area contributed by atoms with E-state index in [2.05, 4.69) is 5.16 Å². The van der Waals surface area contributed by atoms with Gasteiger partial charge in [0.15, 0.2) is 0 Å². The average molecular weight is 301 g/mol. The van der Waals surface area contributed by atoms with E-state index in [1.54, 1.807) is 0 Å². The van der Waals surface area contributed by atoms with Crippen molar-refractivity contribution in [1.82, 2.24) is 0 Å². The average Bonchev–Trinajstić information content (AvgIpc) is 2.49. The third-order valence-corrected chi connectivity index (χ3v) is 4.36. The summed E-state index contributed by atoms with van der Waals surface area (Å²) in [5, 5.41) is 12.5. The van der Waals surface area contributed by atoms with Gasteiger partial charge in [0, 0.05) is 11.3 Å². The van der Waals surface area contributed by atoms with Crippen molar-refractivity contribution in [3.05, 3.63) is 71.3 Å². The van der Waals surface area contributed by atoms with E-state index in [4.69, 9.17) is 17.4 Å². The zero-order valence-electron chi connectivity index (χ0n) is 11.1. The Balaban J connectivity index is 2.01. The van der Waals surface area contributed by atoms with Crippen LogP contribution in [0.5, 0.6) is 0 Å². The molecule has 0 bridgehead atoms. The number of aryl methyl sites for hydroxylation is 1. The highest BCUT2D eigenvalue weighted by Crippen LogP contribution is 2.17. The van der Waals surface area contributed by atoms with Crippen LogP contribution in [0.25, 0.3) is 0 Å². The second-order valence-corrected chi connectivity index (χ2v) is 6.01. The first-order valence-electron chi connectivity index (χ1n) is 6.21. The summed E-state index contributed by atoms with van der Waals surface area (Å²) in [4.78, 5) is 0. The highest BCUT2D eigenvalue weighted by molar-refractivity contribution is 8.24. The van der Waals surface area contributed by atoms with Crippen LogP contribution in [-0.4, -0.2) is 20.9 Å². The van der Waals surface area contributed by atoms with Gasteiger partial charge < -0.3 is 5.21 Å². The predicted molar refractivity (Wildman–Crippen MR) is 90.1 cm³/mol. The quantitative estimate of drug-likeness (QED) is 0.396. The molecule has 0 unspecified atom stereocenters. The monoisotopic (exact) mass is 301 g/mol. The number of hydrogen-bond donors (Lipinski definition) is 1. The molecule has 0 spiro atoms. The molecule has 0 aliphatic rings. The van der Waals surface area contributed by atoms with Crippen LogP contribution in [0.15, 0.2) is 59.8 Å². The van der Waals surface area contributed by atoms with Crippen LogP contribution in [0.4, 0.5) is 0 Å². The van der Waals surface area contributed by atoms with Crippen LogP contribution in [0.2, 0.25) is 0 Å². The number of thiocarbonyl (C=S) groups is 1. The van der Waals surface area contributed by atoms with Crippen LogP contribution in [0, 0.1) is 6.92 Å². The lowest BCUT2D eigenvalue weighted by Crippen LogP contribution is -2.06. The van der Waals surface area contributed by atoms with Gasteiger partial charge in [-0.3, -0.25) is 0 Å². The van der Waals surface area contributed by atoms with Gasteiger partial charge in [-0.25, -0.2) is 0 Å². The predicted octanol–water partition coefficient (Wildman–Crippen LogP) is 4.28. The molecule has 4 heteroatoms. The molecular weight excluding hydrogens is 286 g/mol. The fourth-order valence-corrected chi connectivity index (χ4v) is 2.82. The van der Waals surface area contributed by atoms with E-state index in [9.17, 15) is 0 Å². The lowest BCUT2D eigenvalue weighted by atomic mass is 10.1. The molecule has 102 valence electrons. The Morgan fingerprint density at radius 3 is 2.30 bits per heavy atom. The third-order valence-electron chi connectivity index (χ3n) is 2.85. The molecule has 0 saturated heterocycles. The molecular formula is C16H15NOS2. The highest BCUT2D eigenvalue weighted by Gasteiger charge is 2.08. The first-order valence-corrected chi connectivity index (χ1v) is 7.60. The zero-order valence-corrected chi connectivity index (χ0v) is 12.7. The van der Waals surface area contributed by atoms with Crippen molar-refractivity contribution in [2.45, 2.75) is 6.92 Å². The van der Waals surface area contributed by atoms with Crippen molar-refractivity contribution in [1.29, 1.82) is 0 Å². The van der Waals surface area contributed by atoms with E-state index in [0.717, 1.165) is 15.3 Å². The van der Waals surface area contributed by atoms with Crippen LogP contribution in [0.3, 0.4) is 0 Å². The second-order valence-electron chi connectivity index (χ2n) is 4.35. The van der Waals surface area contributed by atoms with E-state index in [-0.39, 0.29) is 0 Å². The van der Waals surface area contributed by atoms with E-state index < -0.39 is 0 Å². The van der Waals surface area contributed by atoms with Crippen molar-refractivity contribution in [3.8, 4) is 0 Å². The minimum Gasteiger partial charge on any atom is -0.411 e. The smallest absolute Gasteiger partial charge is 0.0970 e. The Hall–Kier alpha value is -1.65. The molecule has 0 amide bonds. The number of hydrogen-bond acceptors (Lipinski definition) is 4. The van der Waals surface area contributed by atoms with Gasteiger partial charge in [0.25, 0.3) is 0 Å². The fraction of sp³-hybridized carbons (Fsp3) is 0.125. The van der Waals surface area contributed by atoms with Crippen molar-refractivity contribution >= 4 is 33.9 Å². The SMILES string of the molecule is Cc1ccc(C(=S)SC/C(=N\O)c2ccccc2)cc1. The number of nitrogens with zero attached hydrogens (tertiary/aromatic N) is 1.